The van der Waals surface area contributed by atoms with Crippen molar-refractivity contribution in [3.05, 3.63) is 87.7 Å². The van der Waals surface area contributed by atoms with Gasteiger partial charge in [0.1, 0.15) is 0 Å². The number of nitrogens with zero attached hydrogens (tertiary/aromatic N) is 5. The molecule has 8 heteroatoms. The molecule has 0 saturated carbocycles. The van der Waals surface area contributed by atoms with Gasteiger partial charge in [-0.2, -0.15) is 4.98 Å². The van der Waals surface area contributed by atoms with Crippen molar-refractivity contribution in [1.29, 1.82) is 0 Å². The van der Waals surface area contributed by atoms with E-state index >= 15 is 0 Å². The molecule has 31 heavy (non-hydrogen) atoms. The Kier molecular flexibility index (Phi) is 4.56. The molecule has 0 amide bonds. The standard InChI is InChI=1S/C23H21N5O3/c1-25-20-19(21(29)26(23(25)30)13-14-31-2)27-15-18(16-9-5-3-6-10-16)28(22(27)24-20)17-11-7-4-8-12-17/h3-12,15H,13-14H2,1-2H3. The van der Waals surface area contributed by atoms with Gasteiger partial charge in [-0.1, -0.05) is 48.5 Å². The Morgan fingerprint density at radius 3 is 2.32 bits per heavy atom. The first-order valence-corrected chi connectivity index (χ1v) is 9.95. The maximum Gasteiger partial charge on any atom is 0.332 e. The fourth-order valence-corrected chi connectivity index (χ4v) is 3.92. The van der Waals surface area contributed by atoms with Crippen LogP contribution in [-0.4, -0.2) is 36.8 Å². The molecule has 3 aromatic heterocycles. The second-order valence-electron chi connectivity index (χ2n) is 7.30. The Morgan fingerprint density at radius 2 is 1.65 bits per heavy atom. The Bertz CT molecular complexity index is 1510. The minimum absolute atomic E-state index is 0.177. The molecule has 0 atom stereocenters. The first-order chi connectivity index (χ1) is 15.1. The van der Waals surface area contributed by atoms with Crippen molar-refractivity contribution in [3.63, 3.8) is 0 Å². The van der Waals surface area contributed by atoms with Gasteiger partial charge in [-0.15, -0.1) is 0 Å². The molecule has 0 fully saturated rings. The number of para-hydroxylation sites is 1. The summed E-state index contributed by atoms with van der Waals surface area (Å²) in [7, 11) is 3.17. The van der Waals surface area contributed by atoms with E-state index in [2.05, 4.69) is 0 Å². The van der Waals surface area contributed by atoms with Crippen LogP contribution in [0.2, 0.25) is 0 Å². The smallest absolute Gasteiger partial charge is 0.332 e. The largest absolute Gasteiger partial charge is 0.383 e. The third-order valence-corrected chi connectivity index (χ3v) is 5.45. The van der Waals surface area contributed by atoms with E-state index in [1.807, 2.05) is 71.4 Å². The van der Waals surface area contributed by atoms with Crippen LogP contribution in [0.15, 0.2) is 76.4 Å². The highest BCUT2D eigenvalue weighted by Gasteiger charge is 2.22. The van der Waals surface area contributed by atoms with Crippen molar-refractivity contribution >= 4 is 16.9 Å². The summed E-state index contributed by atoms with van der Waals surface area (Å²) < 4.78 is 11.5. The Balaban J connectivity index is 1.91. The molecule has 2 aromatic carbocycles. The van der Waals surface area contributed by atoms with E-state index < -0.39 is 5.69 Å². The monoisotopic (exact) mass is 415 g/mol. The second-order valence-corrected chi connectivity index (χ2v) is 7.30. The highest BCUT2D eigenvalue weighted by atomic mass is 16.5. The molecule has 156 valence electrons. The number of aromatic nitrogens is 5. The summed E-state index contributed by atoms with van der Waals surface area (Å²) in [6.45, 7) is 0.443. The third-order valence-electron chi connectivity index (χ3n) is 5.45. The SMILES string of the molecule is COCCn1c(=O)c2c(nc3n(-c4ccccc4)c(-c4ccccc4)cn23)n(C)c1=O. The van der Waals surface area contributed by atoms with Crippen LogP contribution >= 0.6 is 0 Å². The maximum absolute atomic E-state index is 13.3. The lowest BCUT2D eigenvalue weighted by atomic mass is 10.1. The molecule has 0 aliphatic heterocycles. The first kappa shape index (κ1) is 19.1. The number of hydrogen-bond acceptors (Lipinski definition) is 4. The van der Waals surface area contributed by atoms with Gasteiger partial charge in [-0.3, -0.25) is 22.9 Å². The van der Waals surface area contributed by atoms with Crippen LogP contribution in [0.1, 0.15) is 0 Å². The number of ether oxygens (including phenoxy) is 1. The molecule has 5 aromatic rings. The quantitative estimate of drug-likeness (QED) is 0.442. The van der Waals surface area contributed by atoms with Crippen LogP contribution in [-0.2, 0) is 18.3 Å². The molecule has 0 unspecified atom stereocenters. The minimum Gasteiger partial charge on any atom is -0.383 e. The molecule has 0 saturated heterocycles. The Hall–Kier alpha value is -3.91. The van der Waals surface area contributed by atoms with Crippen LogP contribution in [0.25, 0.3) is 33.9 Å². The molecule has 8 nitrogen and oxygen atoms in total. The normalized spacial score (nSPS) is 11.5. The van der Waals surface area contributed by atoms with E-state index in [0.29, 0.717) is 16.9 Å². The summed E-state index contributed by atoms with van der Waals surface area (Å²) in [5.74, 6) is 0.566. The van der Waals surface area contributed by atoms with Gasteiger partial charge in [0.25, 0.3) is 5.56 Å². The molecule has 0 radical (unpaired) electrons. The van der Waals surface area contributed by atoms with Crippen LogP contribution in [0, 0.1) is 0 Å². The lowest BCUT2D eigenvalue weighted by Crippen LogP contribution is -2.40. The van der Waals surface area contributed by atoms with Crippen molar-refractivity contribution in [1.82, 2.24) is 23.1 Å². The van der Waals surface area contributed by atoms with E-state index in [9.17, 15) is 9.59 Å². The van der Waals surface area contributed by atoms with Crippen LogP contribution < -0.4 is 11.2 Å². The van der Waals surface area contributed by atoms with Gasteiger partial charge in [0.15, 0.2) is 11.2 Å². The summed E-state index contributed by atoms with van der Waals surface area (Å²) in [5, 5.41) is 0. The number of imidazole rings is 2. The summed E-state index contributed by atoms with van der Waals surface area (Å²) in [6, 6.07) is 19.8. The average Bonchev–Trinajstić information content (AvgIpc) is 3.35. The van der Waals surface area contributed by atoms with Crippen molar-refractivity contribution in [3.8, 4) is 16.9 Å². The summed E-state index contributed by atoms with van der Waals surface area (Å²) >= 11 is 0. The predicted molar refractivity (Wildman–Crippen MR) is 119 cm³/mol. The van der Waals surface area contributed by atoms with E-state index in [-0.39, 0.29) is 18.7 Å². The molecule has 3 heterocycles. The lowest BCUT2D eigenvalue weighted by Gasteiger charge is -2.09. The number of aryl methyl sites for hydroxylation is 1. The first-order valence-electron chi connectivity index (χ1n) is 9.95. The van der Waals surface area contributed by atoms with E-state index in [0.717, 1.165) is 16.9 Å². The van der Waals surface area contributed by atoms with Crippen molar-refractivity contribution in [2.75, 3.05) is 13.7 Å². The van der Waals surface area contributed by atoms with Crippen molar-refractivity contribution < 1.29 is 4.74 Å². The lowest BCUT2D eigenvalue weighted by molar-refractivity contribution is 0.184. The van der Waals surface area contributed by atoms with E-state index in [4.69, 9.17) is 9.72 Å². The molecular formula is C23H21N5O3. The molecule has 0 N–H and O–H groups in total. The zero-order valence-corrected chi connectivity index (χ0v) is 17.2. The van der Waals surface area contributed by atoms with Crippen LogP contribution in [0.3, 0.4) is 0 Å². The molecular weight excluding hydrogens is 394 g/mol. The number of benzene rings is 2. The topological polar surface area (TPSA) is 75.5 Å². The number of hydrogen-bond donors (Lipinski definition) is 0. The highest BCUT2D eigenvalue weighted by Crippen LogP contribution is 2.28. The summed E-state index contributed by atoms with van der Waals surface area (Å²) in [4.78, 5) is 30.8. The van der Waals surface area contributed by atoms with Gasteiger partial charge >= 0.3 is 5.69 Å². The van der Waals surface area contributed by atoms with E-state index in [1.165, 1.54) is 16.2 Å². The maximum atomic E-state index is 13.3. The minimum atomic E-state index is -0.412. The van der Waals surface area contributed by atoms with Gasteiger partial charge in [-0.05, 0) is 12.1 Å². The summed E-state index contributed by atoms with van der Waals surface area (Å²) in [6.07, 6.45) is 1.90. The van der Waals surface area contributed by atoms with E-state index in [1.54, 1.807) is 11.4 Å². The number of rotatable bonds is 5. The Morgan fingerprint density at radius 1 is 0.968 bits per heavy atom. The van der Waals surface area contributed by atoms with Crippen molar-refractivity contribution in [2.45, 2.75) is 6.54 Å². The zero-order chi connectivity index (χ0) is 21.5. The third kappa shape index (κ3) is 2.91. The highest BCUT2D eigenvalue weighted by molar-refractivity contribution is 5.79. The second kappa shape index (κ2) is 7.41. The number of fused-ring (bicyclic) bond motifs is 3. The van der Waals surface area contributed by atoms with Gasteiger partial charge in [0.2, 0.25) is 5.78 Å². The fraction of sp³-hybridized carbons (Fsp3) is 0.174. The van der Waals surface area contributed by atoms with Crippen LogP contribution in [0.5, 0.6) is 0 Å². The predicted octanol–water partition coefficient (Wildman–Crippen LogP) is 2.45. The van der Waals surface area contributed by atoms with Gasteiger partial charge in [0.05, 0.1) is 18.8 Å². The average molecular weight is 415 g/mol. The van der Waals surface area contributed by atoms with Crippen molar-refractivity contribution in [2.24, 2.45) is 7.05 Å². The molecule has 0 spiro atoms. The van der Waals surface area contributed by atoms with Gasteiger partial charge < -0.3 is 4.74 Å². The summed E-state index contributed by atoms with van der Waals surface area (Å²) in [5.41, 5.74) is 2.72. The van der Waals surface area contributed by atoms with Gasteiger partial charge in [-0.25, -0.2) is 4.79 Å². The van der Waals surface area contributed by atoms with Crippen LogP contribution in [0.4, 0.5) is 0 Å². The van der Waals surface area contributed by atoms with Gasteiger partial charge in [0, 0.05) is 31.6 Å². The molecule has 0 aliphatic rings. The molecule has 0 aliphatic carbocycles. The number of methoxy groups -OCH3 is 1. The Labute approximate surface area is 177 Å². The fourth-order valence-electron chi connectivity index (χ4n) is 3.92. The zero-order valence-electron chi connectivity index (χ0n) is 17.2. The molecule has 5 rings (SSSR count). The molecule has 0 bridgehead atoms.